The normalized spacial score (nSPS) is 12.0. The molecule has 6 nitrogen and oxygen atoms in total. The fourth-order valence-electron chi connectivity index (χ4n) is 2.16. The van der Waals surface area contributed by atoms with Crippen LogP contribution in [0.5, 0.6) is 5.75 Å². The highest BCUT2D eigenvalue weighted by molar-refractivity contribution is 5.84. The van der Waals surface area contributed by atoms with Gasteiger partial charge in [-0.15, -0.1) is 0 Å². The van der Waals surface area contributed by atoms with Crippen molar-refractivity contribution in [3.05, 3.63) is 39.7 Å². The summed E-state index contributed by atoms with van der Waals surface area (Å²) in [5, 5.41) is 0.700. The van der Waals surface area contributed by atoms with Crippen LogP contribution in [0.15, 0.2) is 27.4 Å². The van der Waals surface area contributed by atoms with Gasteiger partial charge in [-0.1, -0.05) is 0 Å². The van der Waals surface area contributed by atoms with Gasteiger partial charge in [-0.2, -0.15) is 0 Å². The number of methoxy groups -OCH3 is 1. The van der Waals surface area contributed by atoms with Gasteiger partial charge in [0.05, 0.1) is 19.1 Å². The number of fused-ring (bicyclic) bond motifs is 1. The van der Waals surface area contributed by atoms with E-state index in [4.69, 9.17) is 9.15 Å². The Morgan fingerprint density at radius 1 is 1.30 bits per heavy atom. The number of ketones is 1. The molecule has 0 aliphatic rings. The summed E-state index contributed by atoms with van der Waals surface area (Å²) in [6.45, 7) is 4.83. The molecule has 0 N–H and O–H groups in total. The lowest BCUT2D eigenvalue weighted by Gasteiger charge is -2.13. The van der Waals surface area contributed by atoms with E-state index in [1.807, 2.05) is 0 Å². The minimum Gasteiger partial charge on any atom is -0.483 e. The fourth-order valence-corrected chi connectivity index (χ4v) is 2.16. The molecule has 0 aliphatic heterocycles. The van der Waals surface area contributed by atoms with Crippen molar-refractivity contribution in [2.24, 2.45) is 0 Å². The lowest BCUT2D eigenvalue weighted by atomic mass is 10.0. The maximum Gasteiger partial charge on any atom is 0.340 e. The number of carbonyl (C=O) groups is 2. The van der Waals surface area contributed by atoms with Gasteiger partial charge in [0, 0.05) is 11.5 Å². The first-order valence-corrected chi connectivity index (χ1v) is 7.13. The smallest absolute Gasteiger partial charge is 0.340 e. The topological polar surface area (TPSA) is 82.8 Å². The zero-order valence-corrected chi connectivity index (χ0v) is 13.5. The van der Waals surface area contributed by atoms with E-state index in [1.165, 1.54) is 14.0 Å². The first kappa shape index (κ1) is 16.7. The van der Waals surface area contributed by atoms with Crippen molar-refractivity contribution in [3.8, 4) is 5.75 Å². The highest BCUT2D eigenvalue weighted by atomic mass is 16.5. The summed E-state index contributed by atoms with van der Waals surface area (Å²) in [4.78, 5) is 34.7. The van der Waals surface area contributed by atoms with Gasteiger partial charge in [0.2, 0.25) is 0 Å². The van der Waals surface area contributed by atoms with Crippen LogP contribution in [0.25, 0.3) is 11.0 Å². The Kier molecular flexibility index (Phi) is 4.83. The second-order valence-electron chi connectivity index (χ2n) is 5.27. The molecule has 23 heavy (non-hydrogen) atoms. The lowest BCUT2D eigenvalue weighted by Crippen LogP contribution is -2.20. The summed E-state index contributed by atoms with van der Waals surface area (Å²) in [6, 6.07) is 4.98. The number of carbonyl (C=O) groups excluding carboxylic acids is 2. The SMILES string of the molecule is COC(=O)Cc1c(C)c2ccc(O[C@H](C)C(C)=O)cc2oc1=O. The molecule has 1 atom stereocenters. The van der Waals surface area contributed by atoms with Crippen molar-refractivity contribution in [2.75, 3.05) is 7.11 Å². The number of aryl methyl sites for hydroxylation is 1. The number of hydrogen-bond donors (Lipinski definition) is 0. The molecule has 0 amide bonds. The monoisotopic (exact) mass is 318 g/mol. The van der Waals surface area contributed by atoms with Crippen LogP contribution in [0.4, 0.5) is 0 Å². The molecule has 1 aromatic heterocycles. The standard InChI is InChI=1S/C17H18O6/c1-9-13-6-5-12(22-11(3)10(2)18)7-15(13)23-17(20)14(9)8-16(19)21-4/h5-7,11H,8H2,1-4H3/t11-/m1/s1. The molecule has 0 aliphatic carbocycles. The zero-order valence-electron chi connectivity index (χ0n) is 13.5. The minimum absolute atomic E-state index is 0.101. The Morgan fingerprint density at radius 3 is 2.61 bits per heavy atom. The van der Waals surface area contributed by atoms with E-state index in [0.717, 1.165) is 0 Å². The van der Waals surface area contributed by atoms with Crippen LogP contribution in [0.2, 0.25) is 0 Å². The number of esters is 1. The van der Waals surface area contributed by atoms with E-state index >= 15 is 0 Å². The molecule has 0 unspecified atom stereocenters. The van der Waals surface area contributed by atoms with Gasteiger partial charge in [-0.3, -0.25) is 9.59 Å². The lowest BCUT2D eigenvalue weighted by molar-refractivity contribution is -0.139. The first-order chi connectivity index (χ1) is 10.8. The Labute approximate surface area is 133 Å². The summed E-state index contributed by atoms with van der Waals surface area (Å²) in [5.41, 5.74) is 0.689. The quantitative estimate of drug-likeness (QED) is 0.620. The highest BCUT2D eigenvalue weighted by Crippen LogP contribution is 2.25. The predicted molar refractivity (Wildman–Crippen MR) is 83.7 cm³/mol. The number of hydrogen-bond acceptors (Lipinski definition) is 6. The van der Waals surface area contributed by atoms with Crippen molar-refractivity contribution in [1.29, 1.82) is 0 Å². The summed E-state index contributed by atoms with van der Waals surface area (Å²) in [5.74, 6) is -0.172. The molecule has 0 saturated carbocycles. The molecular formula is C17H18O6. The van der Waals surface area contributed by atoms with Gasteiger partial charge < -0.3 is 13.9 Å². The van der Waals surface area contributed by atoms with Gasteiger partial charge in [-0.25, -0.2) is 4.79 Å². The highest BCUT2D eigenvalue weighted by Gasteiger charge is 2.16. The molecule has 0 saturated heterocycles. The van der Waals surface area contributed by atoms with Gasteiger partial charge in [0.15, 0.2) is 11.9 Å². The van der Waals surface area contributed by atoms with Crippen molar-refractivity contribution in [2.45, 2.75) is 33.3 Å². The summed E-state index contributed by atoms with van der Waals surface area (Å²) in [6.07, 6.45) is -0.723. The molecule has 0 spiro atoms. The van der Waals surface area contributed by atoms with Crippen molar-refractivity contribution in [3.63, 3.8) is 0 Å². The van der Waals surface area contributed by atoms with Crippen LogP contribution in [0.3, 0.4) is 0 Å². The number of Topliss-reactive ketones (excluding diaryl/α,β-unsaturated/α-hetero) is 1. The molecule has 0 fully saturated rings. The van der Waals surface area contributed by atoms with E-state index in [2.05, 4.69) is 4.74 Å². The van der Waals surface area contributed by atoms with E-state index in [9.17, 15) is 14.4 Å². The Balaban J connectivity index is 2.46. The predicted octanol–water partition coefficient (Wildman–Crippen LogP) is 2.17. The third kappa shape index (κ3) is 3.59. The largest absolute Gasteiger partial charge is 0.483 e. The van der Waals surface area contributed by atoms with Gasteiger partial charge >= 0.3 is 11.6 Å². The molecule has 1 aromatic carbocycles. The van der Waals surface area contributed by atoms with Crippen LogP contribution in [0.1, 0.15) is 25.0 Å². The molecule has 122 valence electrons. The van der Waals surface area contributed by atoms with Crippen molar-refractivity contribution >= 4 is 22.7 Å². The molecule has 1 heterocycles. The fraction of sp³-hybridized carbons (Fsp3) is 0.353. The summed E-state index contributed by atoms with van der Waals surface area (Å²) in [7, 11) is 1.26. The van der Waals surface area contributed by atoms with Crippen LogP contribution in [0, 0.1) is 6.92 Å². The molecule has 2 aromatic rings. The van der Waals surface area contributed by atoms with E-state index in [1.54, 1.807) is 32.0 Å². The molecular weight excluding hydrogens is 300 g/mol. The molecule has 0 bridgehead atoms. The molecule has 2 rings (SSSR count). The molecule has 6 heteroatoms. The van der Waals surface area contributed by atoms with Crippen molar-refractivity contribution < 1.29 is 23.5 Å². The summed E-state index contributed by atoms with van der Waals surface area (Å²) >= 11 is 0. The second-order valence-corrected chi connectivity index (χ2v) is 5.27. The van der Waals surface area contributed by atoms with Crippen LogP contribution in [-0.4, -0.2) is 25.0 Å². The third-order valence-electron chi connectivity index (χ3n) is 3.69. The maximum absolute atomic E-state index is 12.1. The number of rotatable bonds is 5. The Morgan fingerprint density at radius 2 is 2.00 bits per heavy atom. The Bertz CT molecular complexity index is 818. The van der Waals surface area contributed by atoms with E-state index in [-0.39, 0.29) is 17.8 Å². The zero-order chi connectivity index (χ0) is 17.1. The third-order valence-corrected chi connectivity index (χ3v) is 3.69. The van der Waals surface area contributed by atoms with Gasteiger partial charge in [0.1, 0.15) is 11.3 Å². The van der Waals surface area contributed by atoms with Crippen molar-refractivity contribution in [1.82, 2.24) is 0 Å². The average Bonchev–Trinajstić information content (AvgIpc) is 2.50. The molecule has 0 radical (unpaired) electrons. The first-order valence-electron chi connectivity index (χ1n) is 7.13. The van der Waals surface area contributed by atoms with Gasteiger partial charge in [0.25, 0.3) is 0 Å². The maximum atomic E-state index is 12.1. The number of benzene rings is 1. The van der Waals surface area contributed by atoms with Crippen LogP contribution < -0.4 is 10.4 Å². The van der Waals surface area contributed by atoms with Crippen LogP contribution in [-0.2, 0) is 20.7 Å². The summed E-state index contributed by atoms with van der Waals surface area (Å²) < 4.78 is 15.4. The van der Waals surface area contributed by atoms with Gasteiger partial charge in [-0.05, 0) is 38.5 Å². The van der Waals surface area contributed by atoms with E-state index in [0.29, 0.717) is 22.3 Å². The number of ether oxygens (including phenoxy) is 2. The minimum atomic E-state index is -0.586. The Hall–Kier alpha value is -2.63. The second kappa shape index (κ2) is 6.64. The average molecular weight is 318 g/mol. The van der Waals surface area contributed by atoms with Crippen LogP contribution >= 0.6 is 0 Å². The van der Waals surface area contributed by atoms with E-state index < -0.39 is 17.7 Å².